The first-order chi connectivity index (χ1) is 9.58. The molecular weight excluding hydrogens is 260 g/mol. The Balaban J connectivity index is 2.36. The van der Waals surface area contributed by atoms with Crippen LogP contribution in [0.2, 0.25) is 0 Å². The highest BCUT2D eigenvalue weighted by molar-refractivity contribution is 5.59. The van der Waals surface area contributed by atoms with Gasteiger partial charge in [0.25, 0.3) is 0 Å². The van der Waals surface area contributed by atoms with Gasteiger partial charge in [0.05, 0.1) is 12.0 Å². The van der Waals surface area contributed by atoms with Crippen molar-refractivity contribution in [3.05, 3.63) is 22.2 Å². The molecule has 1 aromatic heterocycles. The highest BCUT2D eigenvalue weighted by atomic mass is 16.6. The fraction of sp³-hybridized carbons (Fsp3) is 0.615. The van der Waals surface area contributed by atoms with Crippen molar-refractivity contribution in [3.63, 3.8) is 0 Å². The number of methoxy groups -OCH3 is 1. The Morgan fingerprint density at radius 1 is 1.55 bits per heavy atom. The summed E-state index contributed by atoms with van der Waals surface area (Å²) in [5.41, 5.74) is 5.78. The predicted octanol–water partition coefficient (Wildman–Crippen LogP) is 1.56. The van der Waals surface area contributed by atoms with Crippen LogP contribution in [0, 0.1) is 16.0 Å². The number of nitrogens with zero attached hydrogens (tertiary/aromatic N) is 3. The van der Waals surface area contributed by atoms with Gasteiger partial charge in [-0.1, -0.05) is 6.42 Å². The van der Waals surface area contributed by atoms with Gasteiger partial charge in [-0.15, -0.1) is 0 Å². The van der Waals surface area contributed by atoms with Gasteiger partial charge in [0.15, 0.2) is 0 Å². The van der Waals surface area contributed by atoms with Crippen molar-refractivity contribution in [2.75, 3.05) is 25.6 Å². The van der Waals surface area contributed by atoms with E-state index in [1.54, 1.807) is 0 Å². The highest BCUT2D eigenvalue weighted by Gasteiger charge is 2.33. The van der Waals surface area contributed by atoms with E-state index in [1.165, 1.54) is 19.2 Å². The number of rotatable bonds is 5. The van der Waals surface area contributed by atoms with Gasteiger partial charge in [-0.3, -0.25) is 10.1 Å². The number of nitro groups is 1. The van der Waals surface area contributed by atoms with Gasteiger partial charge in [0.2, 0.25) is 11.7 Å². The lowest BCUT2D eigenvalue weighted by Gasteiger charge is -2.29. The van der Waals surface area contributed by atoms with E-state index >= 15 is 0 Å². The average molecular weight is 280 g/mol. The maximum Gasteiger partial charge on any atom is 0.311 e. The number of hydrogen-bond acceptors (Lipinski definition) is 6. The van der Waals surface area contributed by atoms with Gasteiger partial charge in [-0.05, 0) is 25.3 Å². The summed E-state index contributed by atoms with van der Waals surface area (Å²) >= 11 is 0. The van der Waals surface area contributed by atoms with Crippen LogP contribution in [0.1, 0.15) is 19.3 Å². The van der Waals surface area contributed by atoms with Crippen molar-refractivity contribution in [1.29, 1.82) is 0 Å². The van der Waals surface area contributed by atoms with E-state index in [9.17, 15) is 10.1 Å². The molecule has 110 valence electrons. The van der Waals surface area contributed by atoms with Crippen molar-refractivity contribution >= 4 is 11.5 Å². The molecule has 1 saturated carbocycles. The Morgan fingerprint density at radius 3 is 2.90 bits per heavy atom. The van der Waals surface area contributed by atoms with E-state index in [2.05, 4.69) is 4.98 Å². The molecule has 2 rings (SSSR count). The quantitative estimate of drug-likeness (QED) is 0.649. The van der Waals surface area contributed by atoms with Crippen LogP contribution in [0.4, 0.5) is 11.5 Å². The number of anilines is 1. The monoisotopic (exact) mass is 280 g/mol. The van der Waals surface area contributed by atoms with Crippen LogP contribution >= 0.6 is 0 Å². The van der Waals surface area contributed by atoms with Crippen molar-refractivity contribution in [2.45, 2.75) is 25.3 Å². The first-order valence-electron chi connectivity index (χ1n) is 6.70. The zero-order valence-corrected chi connectivity index (χ0v) is 11.8. The second-order valence-electron chi connectivity index (χ2n) is 5.06. The van der Waals surface area contributed by atoms with Gasteiger partial charge in [-0.2, -0.15) is 4.98 Å². The summed E-state index contributed by atoms with van der Waals surface area (Å²) in [4.78, 5) is 16.9. The van der Waals surface area contributed by atoms with Gasteiger partial charge < -0.3 is 15.4 Å². The molecule has 0 aliphatic heterocycles. The maximum absolute atomic E-state index is 11.2. The van der Waals surface area contributed by atoms with Crippen LogP contribution in [0.15, 0.2) is 12.1 Å². The number of nitrogens with two attached hydrogens (primary N) is 1. The molecule has 0 radical (unpaired) electrons. The van der Waals surface area contributed by atoms with Gasteiger partial charge in [-0.25, -0.2) is 0 Å². The highest BCUT2D eigenvalue weighted by Crippen LogP contribution is 2.35. The van der Waals surface area contributed by atoms with Gasteiger partial charge in [0.1, 0.15) is 0 Å². The molecule has 2 atom stereocenters. The molecule has 2 unspecified atom stereocenters. The molecule has 0 bridgehead atoms. The summed E-state index contributed by atoms with van der Waals surface area (Å²) in [7, 11) is 3.34. The molecule has 7 heteroatoms. The van der Waals surface area contributed by atoms with Crippen LogP contribution in [-0.2, 0) is 0 Å². The molecule has 1 aromatic rings. The van der Waals surface area contributed by atoms with Crippen LogP contribution in [-0.4, -0.2) is 36.7 Å². The Hall–Kier alpha value is -1.89. The Labute approximate surface area is 117 Å². The third kappa shape index (κ3) is 2.67. The molecule has 1 aliphatic rings. The minimum absolute atomic E-state index is 0.00373. The summed E-state index contributed by atoms with van der Waals surface area (Å²) in [6.07, 6.45) is 3.13. The van der Waals surface area contributed by atoms with E-state index in [4.69, 9.17) is 10.5 Å². The molecule has 1 aliphatic carbocycles. The standard InChI is InChI=1S/C13H20N4O3/c1-16(10-5-3-4-9(10)8-14)13-11(17(18)19)6-7-12(15-13)20-2/h6-7,9-10H,3-5,8,14H2,1-2H3. The van der Waals surface area contributed by atoms with Crippen molar-refractivity contribution in [3.8, 4) is 5.88 Å². The summed E-state index contributed by atoms with van der Waals surface area (Å²) in [5, 5.41) is 11.2. The summed E-state index contributed by atoms with van der Waals surface area (Å²) in [5.74, 6) is 1.08. The molecule has 7 nitrogen and oxygen atoms in total. The van der Waals surface area contributed by atoms with Gasteiger partial charge >= 0.3 is 5.69 Å². The number of aromatic nitrogens is 1. The SMILES string of the molecule is COc1ccc([N+](=O)[O-])c(N(C)C2CCCC2CN)n1. The van der Waals surface area contributed by atoms with E-state index in [0.717, 1.165) is 19.3 Å². The lowest BCUT2D eigenvalue weighted by Crippen LogP contribution is -2.38. The summed E-state index contributed by atoms with van der Waals surface area (Å²) in [6, 6.07) is 3.13. The Morgan fingerprint density at radius 2 is 2.30 bits per heavy atom. The van der Waals surface area contributed by atoms with Crippen molar-refractivity contribution in [2.24, 2.45) is 11.7 Å². The Kier molecular flexibility index (Phi) is 4.39. The molecule has 20 heavy (non-hydrogen) atoms. The summed E-state index contributed by atoms with van der Waals surface area (Å²) < 4.78 is 5.07. The topological polar surface area (TPSA) is 94.5 Å². The predicted molar refractivity (Wildman–Crippen MR) is 76.0 cm³/mol. The molecule has 2 N–H and O–H groups in total. The van der Waals surface area contributed by atoms with Gasteiger partial charge in [0, 0.05) is 25.2 Å². The third-order valence-corrected chi connectivity index (χ3v) is 3.99. The first kappa shape index (κ1) is 14.5. The van der Waals surface area contributed by atoms with Crippen LogP contribution < -0.4 is 15.4 Å². The lowest BCUT2D eigenvalue weighted by molar-refractivity contribution is -0.384. The zero-order chi connectivity index (χ0) is 14.7. The first-order valence-corrected chi connectivity index (χ1v) is 6.70. The van der Waals surface area contributed by atoms with Crippen molar-refractivity contribution < 1.29 is 9.66 Å². The second-order valence-corrected chi connectivity index (χ2v) is 5.06. The smallest absolute Gasteiger partial charge is 0.311 e. The van der Waals surface area contributed by atoms with Crippen LogP contribution in [0.3, 0.4) is 0 Å². The fourth-order valence-corrected chi connectivity index (χ4v) is 2.90. The average Bonchev–Trinajstić information content (AvgIpc) is 2.94. The van der Waals surface area contributed by atoms with E-state index in [-0.39, 0.29) is 11.7 Å². The third-order valence-electron chi connectivity index (χ3n) is 3.99. The Bertz CT molecular complexity index is 495. The second kappa shape index (κ2) is 6.04. The lowest BCUT2D eigenvalue weighted by atomic mass is 10.0. The normalized spacial score (nSPS) is 21.8. The minimum atomic E-state index is -0.412. The zero-order valence-electron chi connectivity index (χ0n) is 11.8. The van der Waals surface area contributed by atoms with E-state index in [1.807, 2.05) is 11.9 Å². The molecule has 1 heterocycles. The van der Waals surface area contributed by atoms with Crippen LogP contribution in [0.25, 0.3) is 0 Å². The summed E-state index contributed by atoms with van der Waals surface area (Å²) in [6.45, 7) is 0.590. The molecule has 1 fully saturated rings. The molecule has 0 aromatic carbocycles. The number of pyridine rings is 1. The fourth-order valence-electron chi connectivity index (χ4n) is 2.90. The van der Waals surface area contributed by atoms with E-state index < -0.39 is 4.92 Å². The minimum Gasteiger partial charge on any atom is -0.481 e. The molecule has 0 spiro atoms. The van der Waals surface area contributed by atoms with Crippen LogP contribution in [0.5, 0.6) is 5.88 Å². The molecule has 0 amide bonds. The molecule has 0 saturated heterocycles. The number of hydrogen-bond donors (Lipinski definition) is 1. The molecular formula is C13H20N4O3. The van der Waals surface area contributed by atoms with Crippen molar-refractivity contribution in [1.82, 2.24) is 4.98 Å². The largest absolute Gasteiger partial charge is 0.481 e. The maximum atomic E-state index is 11.2. The van der Waals surface area contributed by atoms with E-state index in [0.29, 0.717) is 24.2 Å². The number of ether oxygens (including phenoxy) is 1.